The lowest BCUT2D eigenvalue weighted by atomic mass is 10.0. The zero-order valence-electron chi connectivity index (χ0n) is 80.3. The molecule has 144 heavy (non-hydrogen) atoms. The lowest BCUT2D eigenvalue weighted by Crippen LogP contribution is -2.33. The molecule has 2 unspecified atom stereocenters. The van der Waals surface area contributed by atoms with Crippen LogP contribution < -0.4 is 40.2 Å². The molecule has 8 aromatic heterocycles. The van der Waals surface area contributed by atoms with E-state index in [1.54, 1.807) is 82.2 Å². The Labute approximate surface area is 837 Å². The summed E-state index contributed by atoms with van der Waals surface area (Å²) in [4.78, 5) is 83.2. The Morgan fingerprint density at radius 2 is 0.667 bits per heavy atom. The number of ether oxygens (including phenoxy) is 4. The number of rotatable bonds is 28. The Hall–Kier alpha value is -14.6. The number of para-hydroxylation sites is 4. The maximum absolute atomic E-state index is 14.2. The predicted octanol–water partition coefficient (Wildman–Crippen LogP) is 22.3. The van der Waals surface area contributed by atoms with Crippen molar-refractivity contribution in [1.29, 1.82) is 0 Å². The molecule has 6 atom stereocenters. The van der Waals surface area contributed by atoms with Gasteiger partial charge in [0.25, 0.3) is 11.8 Å². The van der Waals surface area contributed by atoms with Crippen molar-refractivity contribution in [3.05, 3.63) is 287 Å². The summed E-state index contributed by atoms with van der Waals surface area (Å²) in [5.41, 5.74) is 10.7. The van der Waals surface area contributed by atoms with E-state index in [1.165, 1.54) is 58.2 Å². The number of pyridine rings is 4. The SMILES string of the molecule is Cc1cc(-c2ncnn2C)c2cccc(OCc3c(Cl)cc(F)cc3[C@H](C)NC(=O)C(C)F)c2n1.Cc1cc(-c2ncnn2C)c2cccc(OCc3c(Cl)cc(F)cc3[C@H](C)NC(=O)CC(F)(F)F)c2n1.Cc1cc(-n2ncnc2C)c2cccc(OCc3c(Cl)cc(F)cc3[C@H](C)NC(=O)CC(F)(F)F)c2n1.[2H][C@@](C)(NC(=O)C(C)F)c1cc(F)cc(Cl)c1COc1cccc2c(-c3ncnn3C)cc(C)nc12. The van der Waals surface area contributed by atoms with Gasteiger partial charge in [-0.25, -0.2) is 84.9 Å². The second kappa shape index (κ2) is 45.7. The van der Waals surface area contributed by atoms with Gasteiger partial charge in [-0.2, -0.15) is 46.7 Å². The summed E-state index contributed by atoms with van der Waals surface area (Å²) < 4.78 is 199. The lowest BCUT2D eigenvalue weighted by Gasteiger charge is -2.20. The van der Waals surface area contributed by atoms with E-state index >= 15 is 0 Å². The highest BCUT2D eigenvalue weighted by molar-refractivity contribution is 6.32. The van der Waals surface area contributed by atoms with Crippen molar-refractivity contribution in [2.45, 2.75) is 164 Å². The van der Waals surface area contributed by atoms with E-state index in [1.807, 2.05) is 96.3 Å². The topological polar surface area (TPSA) is 328 Å². The molecular weight excluding hydrogens is 1980 g/mol. The van der Waals surface area contributed by atoms with E-state index in [2.05, 4.69) is 81.5 Å². The summed E-state index contributed by atoms with van der Waals surface area (Å²) in [5, 5.41) is 29.3. The van der Waals surface area contributed by atoms with Crippen LogP contribution in [0, 0.1) is 57.9 Å². The second-order valence-corrected chi connectivity index (χ2v) is 35.0. The number of alkyl halides is 8. The molecule has 28 nitrogen and oxygen atoms in total. The van der Waals surface area contributed by atoms with Gasteiger partial charge in [-0.05, 0) is 195 Å². The number of carbonyl (C=O) groups is 4. The molecule has 4 N–H and O–H groups in total. The minimum atomic E-state index is -4.67. The van der Waals surface area contributed by atoms with Gasteiger partial charge in [0.2, 0.25) is 11.8 Å². The van der Waals surface area contributed by atoms with Crippen LogP contribution >= 0.6 is 46.4 Å². The van der Waals surface area contributed by atoms with Crippen LogP contribution in [0.3, 0.4) is 0 Å². The van der Waals surface area contributed by atoms with Crippen molar-refractivity contribution in [1.82, 2.24) is 100 Å². The molecule has 0 spiro atoms. The first-order chi connectivity index (χ1) is 68.5. The second-order valence-electron chi connectivity index (χ2n) is 33.3. The van der Waals surface area contributed by atoms with Crippen LogP contribution in [0.2, 0.25) is 20.1 Å². The Morgan fingerprint density at radius 1 is 0.382 bits per heavy atom. The van der Waals surface area contributed by atoms with Crippen LogP contribution in [0.5, 0.6) is 23.0 Å². The van der Waals surface area contributed by atoms with Gasteiger partial charge in [0.1, 0.15) is 139 Å². The Bertz CT molecular complexity index is 7340. The van der Waals surface area contributed by atoms with E-state index in [4.69, 9.17) is 66.7 Å². The van der Waals surface area contributed by atoms with Crippen molar-refractivity contribution in [2.75, 3.05) is 0 Å². The zero-order valence-corrected chi connectivity index (χ0v) is 82.3. The maximum Gasteiger partial charge on any atom is 0.397 e. The van der Waals surface area contributed by atoms with Crippen molar-refractivity contribution < 1.29 is 92.2 Å². The molecule has 0 aliphatic heterocycles. The Morgan fingerprint density at radius 3 is 0.965 bits per heavy atom. The summed E-state index contributed by atoms with van der Waals surface area (Å²) >= 11 is 25.3. The number of carbonyl (C=O) groups excluding carboxylic acids is 4. The molecule has 44 heteroatoms. The van der Waals surface area contributed by atoms with Gasteiger partial charge in [0.15, 0.2) is 29.8 Å². The number of hydrogen-bond donors (Lipinski definition) is 4. The maximum atomic E-state index is 14.2. The molecule has 752 valence electrons. The zero-order chi connectivity index (χ0) is 105. The van der Waals surface area contributed by atoms with Crippen molar-refractivity contribution >= 4 is 114 Å². The van der Waals surface area contributed by atoms with E-state index < -0.39 is 109 Å². The largest absolute Gasteiger partial charge is 0.487 e. The first kappa shape index (κ1) is 105. The van der Waals surface area contributed by atoms with Crippen molar-refractivity contribution in [3.8, 4) is 62.8 Å². The Kier molecular flexibility index (Phi) is 33.4. The molecule has 8 heterocycles. The number of nitrogens with one attached hydrogen (secondary N) is 4. The van der Waals surface area contributed by atoms with Gasteiger partial charge in [0, 0.05) is 104 Å². The highest BCUT2D eigenvalue weighted by atomic mass is 35.5. The molecule has 4 amide bonds. The number of aromatic nitrogens is 16. The van der Waals surface area contributed by atoms with Crippen LogP contribution in [-0.2, 0) is 66.7 Å². The molecule has 0 aliphatic carbocycles. The summed E-state index contributed by atoms with van der Waals surface area (Å²) in [6, 6.07) is 33.8. The first-order valence-corrected chi connectivity index (χ1v) is 45.6. The monoisotopic (exact) mass is 2070 g/mol. The summed E-state index contributed by atoms with van der Waals surface area (Å²) in [6.07, 6.45) is -10.3. The van der Waals surface area contributed by atoms with Crippen LogP contribution in [0.4, 0.5) is 52.7 Å². The Balaban J connectivity index is 0.000000162. The number of fused-ring (bicyclic) bond motifs is 4. The van der Waals surface area contributed by atoms with Gasteiger partial charge in [-0.1, -0.05) is 94.9 Å². The van der Waals surface area contributed by atoms with Crippen molar-refractivity contribution in [3.63, 3.8) is 0 Å². The molecule has 0 aliphatic rings. The fourth-order valence-corrected chi connectivity index (χ4v) is 16.8. The predicted molar refractivity (Wildman–Crippen MR) is 517 cm³/mol. The molecule has 8 aromatic carbocycles. The number of amides is 4. The van der Waals surface area contributed by atoms with Gasteiger partial charge in [-0.3, -0.25) is 19.2 Å². The highest BCUT2D eigenvalue weighted by Gasteiger charge is 2.35. The molecule has 0 saturated carbocycles. The first-order valence-electron chi connectivity index (χ1n) is 44.6. The standard InChI is InChI=1S/2C25H22ClF4N5O2.2C25H24ClF2N5O2/c1-13-7-18(24-31-12-32-35(24)3)16-5-4-6-21(23(16)33-13)37-11-19-17(8-15(27)9-20(19)26)14(2)34-22(36)10-25(28,29)30;1-13-7-21(35-15(3)31-12-32-35)17-5-4-6-22(24(17)33-13)37-11-19-18(8-16(27)9-20(19)26)14(2)34-23(36)10-25(28,29)30;2*1-13-8-19(24-29-12-30-33(24)4)17-6-5-7-22(23(17)31-13)35-11-20-18(9-16(28)10-21(20)26)15(3)32-25(34)14(2)27/h2*4-9,12,14H,10-11H2,1-3H3,(H,34,36);2*5-10,12,14-15H,11H2,1-4H3,(H,32,34)/t2*14-;2*14?,15-/m0000/s1/i;;15D;. The normalized spacial score (nSPS) is 13.1. The average Bonchev–Trinajstić information content (AvgIpc) is 1.78. The highest BCUT2D eigenvalue weighted by Crippen LogP contribution is 2.42. The molecule has 0 fully saturated rings. The van der Waals surface area contributed by atoms with E-state index in [0.29, 0.717) is 102 Å². The quantitative estimate of drug-likeness (QED) is 0.0331. The third kappa shape index (κ3) is 26.1. The minimum absolute atomic E-state index is 0.00942. The molecule has 0 saturated heterocycles. The number of aryl methyl sites for hydroxylation is 8. The lowest BCUT2D eigenvalue weighted by molar-refractivity contribution is -0.156. The smallest absolute Gasteiger partial charge is 0.397 e. The number of hydrogen-bond acceptors (Lipinski definition) is 20. The van der Waals surface area contributed by atoms with E-state index in [0.717, 1.165) is 106 Å². The van der Waals surface area contributed by atoms with Gasteiger partial charge in [0.05, 0.1) is 51.3 Å². The molecular formula is C100H92Cl4F12N20O8. The summed E-state index contributed by atoms with van der Waals surface area (Å²) in [5.74, 6) is -2.53. The summed E-state index contributed by atoms with van der Waals surface area (Å²) in [7, 11) is 5.38. The third-order valence-electron chi connectivity index (χ3n) is 22.4. The van der Waals surface area contributed by atoms with Gasteiger partial charge >= 0.3 is 12.4 Å². The van der Waals surface area contributed by atoms with E-state index in [9.17, 15) is 71.9 Å². The van der Waals surface area contributed by atoms with Crippen LogP contribution in [0.1, 0.15) is 153 Å². The third-order valence-corrected chi connectivity index (χ3v) is 23.8. The van der Waals surface area contributed by atoms with Crippen LogP contribution in [0.25, 0.3) is 83.5 Å². The fraction of sp³-hybridized carbons (Fsp3) is 0.280. The average molecular weight is 2070 g/mol. The number of halogens is 16. The van der Waals surface area contributed by atoms with Crippen molar-refractivity contribution in [2.24, 2.45) is 21.1 Å². The van der Waals surface area contributed by atoms with Crippen LogP contribution in [0.15, 0.2) is 171 Å². The molecule has 0 bridgehead atoms. The molecule has 16 rings (SSSR count). The van der Waals surface area contributed by atoms with Gasteiger partial charge in [-0.15, -0.1) is 0 Å². The van der Waals surface area contributed by atoms with Gasteiger partial charge < -0.3 is 40.2 Å². The van der Waals surface area contributed by atoms with E-state index in [-0.39, 0.29) is 68.8 Å². The fourth-order valence-electron chi connectivity index (χ4n) is 15.8. The number of nitrogens with zero attached hydrogens (tertiary/aromatic N) is 16. The molecule has 0 radical (unpaired) electrons. The van der Waals surface area contributed by atoms with Crippen LogP contribution in [-0.4, -0.2) is 127 Å². The number of benzene rings is 8. The summed E-state index contributed by atoms with van der Waals surface area (Å²) in [6.45, 7) is 16.7. The molecule has 16 aromatic rings. The minimum Gasteiger partial charge on any atom is -0.487 e.